The maximum Gasteiger partial charge on any atom is 0.200 e. The Morgan fingerprint density at radius 3 is 2.64 bits per heavy atom. The largest absolute Gasteiger partial charge is 0.350 e. The molecule has 0 radical (unpaired) electrons. The first-order valence-corrected chi connectivity index (χ1v) is 7.52. The van der Waals surface area contributed by atoms with Crippen LogP contribution in [0.4, 0.5) is 0 Å². The average Bonchev–Trinajstić information content (AvgIpc) is 3.07. The zero-order valence-corrected chi connectivity index (χ0v) is 13.1. The van der Waals surface area contributed by atoms with E-state index in [1.807, 2.05) is 36.5 Å². The summed E-state index contributed by atoms with van der Waals surface area (Å²) in [7, 11) is 3.19. The lowest BCUT2D eigenvalue weighted by Gasteiger charge is -2.12. The van der Waals surface area contributed by atoms with Crippen molar-refractivity contribution < 1.29 is 9.47 Å². The number of hydrogen-bond acceptors (Lipinski definition) is 6. The monoisotopic (exact) mass is 313 g/mol. The molecule has 6 heteroatoms. The summed E-state index contributed by atoms with van der Waals surface area (Å²) in [5.74, 6) is 0. The third-order valence-electron chi connectivity index (χ3n) is 3.11. The van der Waals surface area contributed by atoms with Crippen molar-refractivity contribution in [3.8, 4) is 21.1 Å². The zero-order valence-electron chi connectivity index (χ0n) is 12.3. The maximum atomic E-state index is 5.25. The molecule has 112 valence electrons. The second-order valence-corrected chi connectivity index (χ2v) is 5.55. The van der Waals surface area contributed by atoms with E-state index in [1.165, 1.54) is 0 Å². The molecular weight excluding hydrogens is 298 g/mol. The van der Waals surface area contributed by atoms with E-state index in [9.17, 15) is 0 Å². The minimum absolute atomic E-state index is 0.467. The number of hydrogen-bond donors (Lipinski definition) is 0. The number of methoxy groups -OCH3 is 2. The van der Waals surface area contributed by atoms with Crippen LogP contribution in [0.1, 0.15) is 12.0 Å². The van der Waals surface area contributed by atoms with Crippen molar-refractivity contribution in [2.24, 2.45) is 0 Å². The van der Waals surface area contributed by atoms with Gasteiger partial charge in [0.1, 0.15) is 5.01 Å². The van der Waals surface area contributed by atoms with Gasteiger partial charge >= 0.3 is 0 Å². The summed E-state index contributed by atoms with van der Waals surface area (Å²) in [6, 6.07) is 9.66. The molecule has 0 atom stereocenters. The van der Waals surface area contributed by atoms with Crippen LogP contribution in [0, 0.1) is 0 Å². The molecule has 22 heavy (non-hydrogen) atoms. The Bertz CT molecular complexity index is 742. The molecule has 0 fully saturated rings. The molecule has 0 aliphatic rings. The van der Waals surface area contributed by atoms with E-state index in [2.05, 4.69) is 15.0 Å². The van der Waals surface area contributed by atoms with Gasteiger partial charge in [-0.1, -0.05) is 6.07 Å². The standard InChI is InChI=1S/C16H15N3O2S/c1-20-16(21-2)13-7-3-6-12(19-13)14-10-18-15(22-14)11-5-4-8-17-9-11/h3-10,16H,1-2H3. The molecule has 3 aromatic rings. The van der Waals surface area contributed by atoms with E-state index in [0.717, 1.165) is 26.8 Å². The van der Waals surface area contributed by atoms with Gasteiger partial charge in [0.25, 0.3) is 0 Å². The van der Waals surface area contributed by atoms with Crippen LogP contribution in [0.15, 0.2) is 48.9 Å². The van der Waals surface area contributed by atoms with E-state index in [-0.39, 0.29) is 0 Å². The van der Waals surface area contributed by atoms with E-state index >= 15 is 0 Å². The lowest BCUT2D eigenvalue weighted by atomic mass is 10.2. The molecule has 3 rings (SSSR count). The fourth-order valence-electron chi connectivity index (χ4n) is 2.07. The fourth-order valence-corrected chi connectivity index (χ4v) is 2.95. The van der Waals surface area contributed by atoms with Crippen LogP contribution in [0.3, 0.4) is 0 Å². The van der Waals surface area contributed by atoms with Crippen LogP contribution in [0.25, 0.3) is 21.1 Å². The molecule has 3 heterocycles. The average molecular weight is 313 g/mol. The van der Waals surface area contributed by atoms with Crippen LogP contribution in [0.5, 0.6) is 0 Å². The first-order chi connectivity index (χ1) is 10.8. The van der Waals surface area contributed by atoms with Gasteiger partial charge in [0.05, 0.1) is 16.3 Å². The van der Waals surface area contributed by atoms with Crippen LogP contribution in [-0.2, 0) is 9.47 Å². The van der Waals surface area contributed by atoms with Crippen molar-refractivity contribution in [3.63, 3.8) is 0 Å². The molecule has 0 aliphatic heterocycles. The van der Waals surface area contributed by atoms with Gasteiger partial charge in [-0.2, -0.15) is 0 Å². The Morgan fingerprint density at radius 1 is 1.05 bits per heavy atom. The molecule has 0 saturated carbocycles. The van der Waals surface area contributed by atoms with Gasteiger partial charge in [-0.15, -0.1) is 11.3 Å². The van der Waals surface area contributed by atoms with Crippen LogP contribution in [0.2, 0.25) is 0 Å². The summed E-state index contributed by atoms with van der Waals surface area (Å²) in [5.41, 5.74) is 2.59. The Balaban J connectivity index is 1.92. The summed E-state index contributed by atoms with van der Waals surface area (Å²) < 4.78 is 10.5. The minimum atomic E-state index is -0.467. The summed E-state index contributed by atoms with van der Waals surface area (Å²) in [5, 5.41) is 0.922. The minimum Gasteiger partial charge on any atom is -0.350 e. The van der Waals surface area contributed by atoms with E-state index in [1.54, 1.807) is 38.0 Å². The number of nitrogens with zero attached hydrogens (tertiary/aromatic N) is 3. The molecule has 0 spiro atoms. The number of aromatic nitrogens is 3. The first-order valence-electron chi connectivity index (χ1n) is 6.71. The summed E-state index contributed by atoms with van der Waals surface area (Å²) in [6.45, 7) is 0. The fraction of sp³-hybridized carbons (Fsp3) is 0.188. The van der Waals surface area contributed by atoms with E-state index in [4.69, 9.17) is 9.47 Å². The van der Waals surface area contributed by atoms with Crippen molar-refractivity contribution in [2.45, 2.75) is 6.29 Å². The smallest absolute Gasteiger partial charge is 0.200 e. The molecule has 0 amide bonds. The summed E-state index contributed by atoms with van der Waals surface area (Å²) in [6.07, 6.45) is 4.91. The molecule has 0 aliphatic carbocycles. The topological polar surface area (TPSA) is 57.1 Å². The lowest BCUT2D eigenvalue weighted by molar-refractivity contribution is -0.108. The van der Waals surface area contributed by atoms with Gasteiger partial charge in [-0.05, 0) is 24.3 Å². The summed E-state index contributed by atoms with van der Waals surface area (Å²) >= 11 is 1.58. The number of rotatable bonds is 5. The Morgan fingerprint density at radius 2 is 1.91 bits per heavy atom. The number of pyridine rings is 2. The highest BCUT2D eigenvalue weighted by Crippen LogP contribution is 2.31. The van der Waals surface area contributed by atoms with E-state index < -0.39 is 6.29 Å². The number of thiazole rings is 1. The maximum absolute atomic E-state index is 5.25. The quantitative estimate of drug-likeness (QED) is 0.674. The molecular formula is C16H15N3O2S. The Hall–Kier alpha value is -2.15. The Kier molecular flexibility index (Phi) is 4.53. The van der Waals surface area contributed by atoms with Gasteiger partial charge in [0.2, 0.25) is 6.29 Å². The zero-order chi connectivity index (χ0) is 15.4. The van der Waals surface area contributed by atoms with E-state index in [0.29, 0.717) is 0 Å². The number of ether oxygens (including phenoxy) is 2. The van der Waals surface area contributed by atoms with Gasteiger partial charge < -0.3 is 9.47 Å². The van der Waals surface area contributed by atoms with Crippen molar-refractivity contribution >= 4 is 11.3 Å². The molecule has 0 saturated heterocycles. The van der Waals surface area contributed by atoms with Gasteiger partial charge in [0, 0.05) is 38.4 Å². The predicted molar refractivity (Wildman–Crippen MR) is 85.3 cm³/mol. The van der Waals surface area contributed by atoms with Crippen molar-refractivity contribution in [1.82, 2.24) is 15.0 Å². The van der Waals surface area contributed by atoms with Crippen molar-refractivity contribution in [1.29, 1.82) is 0 Å². The molecule has 0 unspecified atom stereocenters. The molecule has 0 N–H and O–H groups in total. The third kappa shape index (κ3) is 3.04. The highest BCUT2D eigenvalue weighted by atomic mass is 32.1. The second kappa shape index (κ2) is 6.74. The molecule has 0 aromatic carbocycles. The first kappa shape index (κ1) is 14.8. The van der Waals surface area contributed by atoms with Crippen LogP contribution < -0.4 is 0 Å². The molecule has 0 bridgehead atoms. The van der Waals surface area contributed by atoms with Gasteiger partial charge in [0.15, 0.2) is 0 Å². The third-order valence-corrected chi connectivity index (χ3v) is 4.18. The Labute approximate surface area is 132 Å². The lowest BCUT2D eigenvalue weighted by Crippen LogP contribution is -2.06. The highest BCUT2D eigenvalue weighted by molar-refractivity contribution is 7.18. The van der Waals surface area contributed by atoms with Crippen molar-refractivity contribution in [2.75, 3.05) is 14.2 Å². The van der Waals surface area contributed by atoms with Crippen LogP contribution >= 0.6 is 11.3 Å². The van der Waals surface area contributed by atoms with Gasteiger partial charge in [-0.3, -0.25) is 4.98 Å². The highest BCUT2D eigenvalue weighted by Gasteiger charge is 2.13. The second-order valence-electron chi connectivity index (χ2n) is 4.52. The van der Waals surface area contributed by atoms with Crippen molar-refractivity contribution in [3.05, 3.63) is 54.6 Å². The van der Waals surface area contributed by atoms with Crippen LogP contribution in [-0.4, -0.2) is 29.2 Å². The summed E-state index contributed by atoms with van der Waals surface area (Å²) in [4.78, 5) is 14.2. The predicted octanol–water partition coefficient (Wildman–Crippen LogP) is 3.56. The normalized spacial score (nSPS) is 11.0. The van der Waals surface area contributed by atoms with Gasteiger partial charge in [-0.25, -0.2) is 9.97 Å². The molecule has 5 nitrogen and oxygen atoms in total. The molecule has 3 aromatic heterocycles. The SMILES string of the molecule is COC(OC)c1cccc(-c2cnc(-c3cccnc3)s2)n1.